The molecule has 1 aliphatic heterocycles. The maximum atomic E-state index is 10.7. The van der Waals surface area contributed by atoms with E-state index in [1.807, 2.05) is 0 Å². The van der Waals surface area contributed by atoms with Crippen LogP contribution in [0.25, 0.3) is 0 Å². The number of carbonyl (C=O) groups is 1. The van der Waals surface area contributed by atoms with Gasteiger partial charge in [-0.1, -0.05) is 0 Å². The van der Waals surface area contributed by atoms with Gasteiger partial charge in [-0.25, -0.2) is 0 Å². The van der Waals surface area contributed by atoms with Gasteiger partial charge in [0.1, 0.15) is 0 Å². The molecule has 1 amide bonds. The quantitative estimate of drug-likeness (QED) is 0.529. The number of ether oxygens (including phenoxy) is 1. The van der Waals surface area contributed by atoms with E-state index in [-0.39, 0.29) is 25.0 Å². The van der Waals surface area contributed by atoms with Crippen LogP contribution in [0.4, 0.5) is 0 Å². The smallest absolute Gasteiger partial charge is 0.222 e. The Morgan fingerprint density at radius 2 is 2.40 bits per heavy atom. The fourth-order valence-electron chi connectivity index (χ4n) is 0.720. The van der Waals surface area contributed by atoms with Crippen molar-refractivity contribution >= 4 is 5.91 Å². The summed E-state index contributed by atoms with van der Waals surface area (Å²) in [6, 6.07) is 0.180. The summed E-state index contributed by atoms with van der Waals surface area (Å²) in [5.41, 5.74) is 0. The minimum atomic E-state index is -0.101. The minimum absolute atomic E-state index is 0.0839. The van der Waals surface area contributed by atoms with E-state index >= 15 is 0 Å². The Kier molecular flexibility index (Phi) is 2.65. The molecule has 1 fully saturated rings. The predicted octanol–water partition coefficient (Wildman–Crippen LogP) is -1.12. The third kappa shape index (κ3) is 1.97. The van der Waals surface area contributed by atoms with Gasteiger partial charge in [0.05, 0.1) is 25.9 Å². The second-order valence-electron chi connectivity index (χ2n) is 2.28. The van der Waals surface area contributed by atoms with Gasteiger partial charge in [-0.2, -0.15) is 0 Å². The van der Waals surface area contributed by atoms with Crippen molar-refractivity contribution in [3.63, 3.8) is 0 Å². The van der Waals surface area contributed by atoms with Crippen molar-refractivity contribution in [2.75, 3.05) is 19.8 Å². The summed E-state index contributed by atoms with van der Waals surface area (Å²) in [4.78, 5) is 10.7. The lowest BCUT2D eigenvalue weighted by Gasteiger charge is -2.26. The van der Waals surface area contributed by atoms with E-state index in [9.17, 15) is 4.79 Å². The normalized spacial score (nSPS) is 18.1. The Morgan fingerprint density at radius 1 is 1.70 bits per heavy atom. The number of rotatable bonds is 3. The maximum Gasteiger partial charge on any atom is 0.222 e. The Hall–Kier alpha value is -0.610. The third-order valence-electron chi connectivity index (χ3n) is 1.34. The Balaban J connectivity index is 2.05. The van der Waals surface area contributed by atoms with E-state index in [4.69, 9.17) is 9.84 Å². The molecule has 0 spiro atoms. The summed E-state index contributed by atoms with van der Waals surface area (Å²) in [7, 11) is 0. The first-order valence-electron chi connectivity index (χ1n) is 3.31. The molecule has 0 aromatic carbocycles. The molecule has 1 heterocycles. The maximum absolute atomic E-state index is 10.7. The summed E-state index contributed by atoms with van der Waals surface area (Å²) < 4.78 is 4.84. The van der Waals surface area contributed by atoms with E-state index in [0.29, 0.717) is 13.2 Å². The van der Waals surface area contributed by atoms with Gasteiger partial charge in [0.15, 0.2) is 0 Å². The van der Waals surface area contributed by atoms with Gasteiger partial charge in [-0.05, 0) is 0 Å². The first-order chi connectivity index (χ1) is 4.83. The summed E-state index contributed by atoms with van der Waals surface area (Å²) in [6.45, 7) is 1.13. The van der Waals surface area contributed by atoms with Crippen LogP contribution in [-0.4, -0.2) is 36.9 Å². The number of hydrogen-bond acceptors (Lipinski definition) is 3. The van der Waals surface area contributed by atoms with Crippen LogP contribution in [0.2, 0.25) is 0 Å². The van der Waals surface area contributed by atoms with Crippen molar-refractivity contribution in [2.24, 2.45) is 0 Å². The largest absolute Gasteiger partial charge is 0.396 e. The molecule has 0 saturated carbocycles. The van der Waals surface area contributed by atoms with Crippen molar-refractivity contribution < 1.29 is 14.6 Å². The van der Waals surface area contributed by atoms with Gasteiger partial charge < -0.3 is 15.2 Å². The molecule has 0 unspecified atom stereocenters. The zero-order valence-electron chi connectivity index (χ0n) is 5.67. The molecule has 0 aliphatic carbocycles. The highest BCUT2D eigenvalue weighted by Crippen LogP contribution is 1.99. The van der Waals surface area contributed by atoms with Crippen molar-refractivity contribution in [2.45, 2.75) is 12.5 Å². The topological polar surface area (TPSA) is 58.6 Å². The number of aliphatic hydroxyl groups is 1. The number of amides is 1. The second kappa shape index (κ2) is 3.53. The lowest BCUT2D eigenvalue weighted by atomic mass is 10.2. The lowest BCUT2D eigenvalue weighted by Crippen LogP contribution is -2.48. The molecule has 2 N–H and O–H groups in total. The van der Waals surface area contributed by atoms with Gasteiger partial charge in [0.25, 0.3) is 0 Å². The molecule has 10 heavy (non-hydrogen) atoms. The van der Waals surface area contributed by atoms with Crippen LogP contribution in [-0.2, 0) is 9.53 Å². The molecule has 4 nitrogen and oxygen atoms in total. The fraction of sp³-hybridized carbons (Fsp3) is 0.833. The highest BCUT2D eigenvalue weighted by Gasteiger charge is 2.19. The van der Waals surface area contributed by atoms with Crippen LogP contribution in [0.3, 0.4) is 0 Å². The number of nitrogens with one attached hydrogen (secondary N) is 1. The van der Waals surface area contributed by atoms with Crippen molar-refractivity contribution in [3.8, 4) is 0 Å². The van der Waals surface area contributed by atoms with Crippen molar-refractivity contribution in [1.82, 2.24) is 5.32 Å². The van der Waals surface area contributed by atoms with Crippen LogP contribution in [0.1, 0.15) is 6.42 Å². The van der Waals surface area contributed by atoms with E-state index < -0.39 is 0 Å². The van der Waals surface area contributed by atoms with Crippen molar-refractivity contribution in [1.29, 1.82) is 0 Å². The molecule has 4 heteroatoms. The molecule has 0 atom stereocenters. The van der Waals surface area contributed by atoms with Gasteiger partial charge in [-0.3, -0.25) is 4.79 Å². The molecule has 1 aliphatic rings. The third-order valence-corrected chi connectivity index (χ3v) is 1.34. The minimum Gasteiger partial charge on any atom is -0.396 e. The summed E-state index contributed by atoms with van der Waals surface area (Å²) in [6.07, 6.45) is 0.191. The van der Waals surface area contributed by atoms with Crippen LogP contribution in [0, 0.1) is 0 Å². The Morgan fingerprint density at radius 3 is 2.80 bits per heavy atom. The number of hydrogen-bond donors (Lipinski definition) is 2. The van der Waals surface area contributed by atoms with E-state index in [2.05, 4.69) is 5.32 Å². The van der Waals surface area contributed by atoms with E-state index in [1.165, 1.54) is 0 Å². The zero-order valence-corrected chi connectivity index (χ0v) is 5.67. The van der Waals surface area contributed by atoms with Crippen LogP contribution in [0.5, 0.6) is 0 Å². The first-order valence-corrected chi connectivity index (χ1v) is 3.31. The summed E-state index contributed by atoms with van der Waals surface area (Å²) in [5, 5.41) is 11.0. The first kappa shape index (κ1) is 7.50. The van der Waals surface area contributed by atoms with Gasteiger partial charge in [0, 0.05) is 6.42 Å². The standard InChI is InChI=1S/C6H11NO3/c8-2-1-6(9)7-5-3-10-4-5/h5,8H,1-4H2,(H,7,9). The molecular weight excluding hydrogens is 134 g/mol. The lowest BCUT2D eigenvalue weighted by molar-refractivity contribution is -0.125. The van der Waals surface area contributed by atoms with Crippen LogP contribution < -0.4 is 5.32 Å². The summed E-state index contributed by atoms with van der Waals surface area (Å²) >= 11 is 0. The predicted molar refractivity (Wildman–Crippen MR) is 34.5 cm³/mol. The number of aliphatic hydroxyl groups excluding tert-OH is 1. The average molecular weight is 145 g/mol. The Bertz CT molecular complexity index is 122. The average Bonchev–Trinajstić information content (AvgIpc) is 1.80. The Labute approximate surface area is 59.2 Å². The SMILES string of the molecule is O=C(CCO)NC1COC1. The van der Waals surface area contributed by atoms with Gasteiger partial charge in [-0.15, -0.1) is 0 Å². The molecule has 0 bridgehead atoms. The molecule has 58 valence electrons. The van der Waals surface area contributed by atoms with Gasteiger partial charge in [0.2, 0.25) is 5.91 Å². The monoisotopic (exact) mass is 145 g/mol. The molecule has 0 radical (unpaired) electrons. The molecule has 1 saturated heterocycles. The van der Waals surface area contributed by atoms with E-state index in [0.717, 1.165) is 0 Å². The highest BCUT2D eigenvalue weighted by molar-refractivity contribution is 5.76. The molecule has 1 rings (SSSR count). The molecule has 0 aromatic heterocycles. The van der Waals surface area contributed by atoms with Crippen molar-refractivity contribution in [3.05, 3.63) is 0 Å². The number of carbonyl (C=O) groups excluding carboxylic acids is 1. The summed E-state index contributed by atoms with van der Waals surface area (Å²) in [5.74, 6) is -0.101. The fourth-order valence-corrected chi connectivity index (χ4v) is 0.720. The van der Waals surface area contributed by atoms with Crippen LogP contribution in [0.15, 0.2) is 0 Å². The highest BCUT2D eigenvalue weighted by atomic mass is 16.5. The zero-order chi connectivity index (χ0) is 7.40. The van der Waals surface area contributed by atoms with Crippen LogP contribution >= 0.6 is 0 Å². The second-order valence-corrected chi connectivity index (χ2v) is 2.28. The molecular formula is C6H11NO3. The van der Waals surface area contributed by atoms with E-state index in [1.54, 1.807) is 0 Å². The molecule has 0 aromatic rings. The van der Waals surface area contributed by atoms with Gasteiger partial charge >= 0.3 is 0 Å².